The zero-order valence-corrected chi connectivity index (χ0v) is 17.1. The Morgan fingerprint density at radius 1 is 1.03 bits per heavy atom. The minimum atomic E-state index is -0.0495. The Labute approximate surface area is 178 Å². The molecule has 1 fully saturated rings. The van der Waals surface area contributed by atoms with Crippen molar-refractivity contribution in [1.82, 2.24) is 9.88 Å². The molecule has 1 N–H and O–H groups in total. The summed E-state index contributed by atoms with van der Waals surface area (Å²) in [6.07, 6.45) is 3.12. The Hall–Kier alpha value is -2.76. The summed E-state index contributed by atoms with van der Waals surface area (Å²) in [5.41, 5.74) is 1.52. The average Bonchev–Trinajstić information content (AvgIpc) is 2.73. The first-order valence-electron chi connectivity index (χ1n) is 9.21. The van der Waals surface area contributed by atoms with Crippen molar-refractivity contribution in [2.24, 2.45) is 0 Å². The summed E-state index contributed by atoms with van der Waals surface area (Å²) in [6.45, 7) is 6.16. The first-order valence-corrected chi connectivity index (χ1v) is 9.97. The number of aromatic nitrogens is 1. The van der Waals surface area contributed by atoms with Crippen LogP contribution in [0, 0.1) is 0 Å². The zero-order valence-electron chi connectivity index (χ0n) is 15.6. The second-order valence-corrected chi connectivity index (χ2v) is 7.68. The number of amides is 1. The van der Waals surface area contributed by atoms with E-state index in [-0.39, 0.29) is 11.7 Å². The van der Waals surface area contributed by atoms with Crippen LogP contribution in [0.3, 0.4) is 0 Å². The molecule has 29 heavy (non-hydrogen) atoms. The minimum absolute atomic E-state index is 0.0495. The third-order valence-corrected chi connectivity index (χ3v) is 5.76. The van der Waals surface area contributed by atoms with Gasteiger partial charge in [-0.3, -0.25) is 4.79 Å². The first kappa shape index (κ1) is 19.6. The number of benzene rings is 2. The van der Waals surface area contributed by atoms with Gasteiger partial charge in [0.25, 0.3) is 0 Å². The van der Waals surface area contributed by atoms with Gasteiger partial charge in [-0.1, -0.05) is 29.8 Å². The fourth-order valence-corrected chi connectivity index (χ4v) is 4.18. The SMILES string of the molecule is C=CC(=O)N1CCN(c2nccc3cc(Cl)c(-c4ccc(O)cc4Cl)cc23)CC1. The summed E-state index contributed by atoms with van der Waals surface area (Å²) in [5.74, 6) is 0.901. The predicted molar refractivity (Wildman–Crippen MR) is 118 cm³/mol. The van der Waals surface area contributed by atoms with Gasteiger partial charge in [-0.05, 0) is 47.9 Å². The molecule has 2 heterocycles. The molecule has 0 unspecified atom stereocenters. The number of rotatable bonds is 3. The molecule has 2 aromatic carbocycles. The third kappa shape index (κ3) is 3.76. The van der Waals surface area contributed by atoms with Gasteiger partial charge in [0.05, 0.1) is 5.02 Å². The Bertz CT molecular complexity index is 1110. The van der Waals surface area contributed by atoms with E-state index in [0.717, 1.165) is 27.7 Å². The molecule has 7 heteroatoms. The quantitative estimate of drug-likeness (QED) is 0.612. The van der Waals surface area contributed by atoms with Gasteiger partial charge in [-0.15, -0.1) is 0 Å². The largest absolute Gasteiger partial charge is 0.508 e. The molecule has 1 amide bonds. The van der Waals surface area contributed by atoms with Gasteiger partial charge < -0.3 is 14.9 Å². The van der Waals surface area contributed by atoms with Crippen LogP contribution in [0.1, 0.15) is 0 Å². The van der Waals surface area contributed by atoms with Gasteiger partial charge in [-0.25, -0.2) is 4.98 Å². The van der Waals surface area contributed by atoms with Crippen molar-refractivity contribution in [3.8, 4) is 16.9 Å². The number of carbonyl (C=O) groups excluding carboxylic acids is 1. The summed E-state index contributed by atoms with van der Waals surface area (Å²) >= 11 is 12.9. The smallest absolute Gasteiger partial charge is 0.246 e. The van der Waals surface area contributed by atoms with Crippen LogP contribution in [0.5, 0.6) is 5.75 Å². The Morgan fingerprint density at radius 2 is 1.76 bits per heavy atom. The molecule has 0 radical (unpaired) electrons. The van der Waals surface area contributed by atoms with Crippen molar-refractivity contribution in [2.75, 3.05) is 31.1 Å². The second-order valence-electron chi connectivity index (χ2n) is 6.87. The lowest BCUT2D eigenvalue weighted by Gasteiger charge is -2.35. The first-order chi connectivity index (χ1) is 14.0. The number of hydrogen-bond donors (Lipinski definition) is 1. The van der Waals surface area contributed by atoms with Crippen molar-refractivity contribution in [3.05, 3.63) is 65.3 Å². The number of nitrogens with zero attached hydrogens (tertiary/aromatic N) is 3. The number of anilines is 1. The van der Waals surface area contributed by atoms with Crippen LogP contribution in [0.15, 0.2) is 55.3 Å². The van der Waals surface area contributed by atoms with E-state index in [1.165, 1.54) is 12.1 Å². The molecule has 5 nitrogen and oxygen atoms in total. The summed E-state index contributed by atoms with van der Waals surface area (Å²) in [5, 5.41) is 12.6. The molecule has 1 aliphatic rings. The van der Waals surface area contributed by atoms with Crippen molar-refractivity contribution in [1.29, 1.82) is 0 Å². The van der Waals surface area contributed by atoms with E-state index < -0.39 is 0 Å². The molecule has 1 saturated heterocycles. The van der Waals surface area contributed by atoms with Crippen LogP contribution < -0.4 is 4.90 Å². The zero-order chi connectivity index (χ0) is 20.5. The summed E-state index contributed by atoms with van der Waals surface area (Å²) in [7, 11) is 0. The number of halogens is 2. The van der Waals surface area contributed by atoms with Gasteiger partial charge in [-0.2, -0.15) is 0 Å². The molecule has 0 saturated carbocycles. The number of carbonyl (C=O) groups is 1. The lowest BCUT2D eigenvalue weighted by atomic mass is 10.0. The van der Waals surface area contributed by atoms with Crippen molar-refractivity contribution in [3.63, 3.8) is 0 Å². The molecule has 0 aliphatic carbocycles. The van der Waals surface area contributed by atoms with Crippen LogP contribution in [0.2, 0.25) is 10.0 Å². The van der Waals surface area contributed by atoms with E-state index in [1.54, 1.807) is 23.2 Å². The van der Waals surface area contributed by atoms with Crippen LogP contribution >= 0.6 is 23.2 Å². The van der Waals surface area contributed by atoms with Crippen LogP contribution in [0.25, 0.3) is 21.9 Å². The summed E-state index contributed by atoms with van der Waals surface area (Å²) in [4.78, 5) is 20.4. The Morgan fingerprint density at radius 3 is 2.45 bits per heavy atom. The van der Waals surface area contributed by atoms with E-state index in [2.05, 4.69) is 16.5 Å². The highest BCUT2D eigenvalue weighted by Gasteiger charge is 2.22. The standard InChI is InChI=1S/C22H19Cl2N3O2/c1-2-21(29)26-7-9-27(10-8-26)22-17-13-18(16-4-3-15(28)12-20(16)24)19(23)11-14(17)5-6-25-22/h2-6,11-13,28H,1,7-10H2. The van der Waals surface area contributed by atoms with Gasteiger partial charge in [0.15, 0.2) is 0 Å². The maximum absolute atomic E-state index is 11.8. The summed E-state index contributed by atoms with van der Waals surface area (Å²) in [6, 6.07) is 10.6. The molecule has 148 valence electrons. The number of fused-ring (bicyclic) bond motifs is 1. The van der Waals surface area contributed by atoms with E-state index >= 15 is 0 Å². The fourth-order valence-electron chi connectivity index (χ4n) is 3.63. The Balaban J connectivity index is 1.75. The maximum Gasteiger partial charge on any atom is 0.246 e. The van der Waals surface area contributed by atoms with Crippen molar-refractivity contribution >= 4 is 45.7 Å². The van der Waals surface area contributed by atoms with Gasteiger partial charge in [0.2, 0.25) is 5.91 Å². The lowest BCUT2D eigenvalue weighted by molar-refractivity contribution is -0.126. The van der Waals surface area contributed by atoms with Crippen LogP contribution in [-0.2, 0) is 4.79 Å². The van der Waals surface area contributed by atoms with E-state index in [4.69, 9.17) is 23.2 Å². The molecule has 0 atom stereocenters. The van der Waals surface area contributed by atoms with Crippen LogP contribution in [-0.4, -0.2) is 47.1 Å². The highest BCUT2D eigenvalue weighted by atomic mass is 35.5. The maximum atomic E-state index is 11.8. The van der Waals surface area contributed by atoms with E-state index in [1.807, 2.05) is 18.2 Å². The van der Waals surface area contributed by atoms with E-state index in [0.29, 0.717) is 36.2 Å². The molecular formula is C22H19Cl2N3O2. The topological polar surface area (TPSA) is 56.7 Å². The number of phenolic OH excluding ortho intramolecular Hbond substituents is 1. The van der Waals surface area contributed by atoms with Gasteiger partial charge in [0, 0.05) is 53.9 Å². The Kier molecular flexibility index (Phi) is 5.35. The summed E-state index contributed by atoms with van der Waals surface area (Å²) < 4.78 is 0. The lowest BCUT2D eigenvalue weighted by Crippen LogP contribution is -2.48. The monoisotopic (exact) mass is 427 g/mol. The third-order valence-electron chi connectivity index (χ3n) is 5.14. The number of piperazine rings is 1. The fraction of sp³-hybridized carbons (Fsp3) is 0.182. The molecule has 4 rings (SSSR count). The molecule has 0 spiro atoms. The van der Waals surface area contributed by atoms with Gasteiger partial charge >= 0.3 is 0 Å². The highest BCUT2D eigenvalue weighted by Crippen LogP contribution is 2.39. The van der Waals surface area contributed by atoms with E-state index in [9.17, 15) is 9.90 Å². The minimum Gasteiger partial charge on any atom is -0.508 e. The number of pyridine rings is 1. The number of hydrogen-bond acceptors (Lipinski definition) is 4. The second kappa shape index (κ2) is 7.93. The normalized spacial score (nSPS) is 14.3. The molecular weight excluding hydrogens is 409 g/mol. The number of phenols is 1. The molecule has 1 aromatic heterocycles. The predicted octanol–water partition coefficient (Wildman–Crippen LogP) is 4.75. The molecule has 3 aromatic rings. The van der Waals surface area contributed by atoms with Crippen LogP contribution in [0.4, 0.5) is 5.82 Å². The van der Waals surface area contributed by atoms with Crippen molar-refractivity contribution in [2.45, 2.75) is 0 Å². The highest BCUT2D eigenvalue weighted by molar-refractivity contribution is 6.37. The number of aromatic hydroxyl groups is 1. The van der Waals surface area contributed by atoms with Crippen molar-refractivity contribution < 1.29 is 9.90 Å². The van der Waals surface area contributed by atoms with Gasteiger partial charge in [0.1, 0.15) is 11.6 Å². The molecule has 0 bridgehead atoms. The molecule has 1 aliphatic heterocycles. The average molecular weight is 428 g/mol.